The second-order valence-electron chi connectivity index (χ2n) is 7.37. The van der Waals surface area contributed by atoms with E-state index in [1.54, 1.807) is 0 Å². The first-order valence-electron chi connectivity index (χ1n) is 10.2. The molecule has 2 N–H and O–H groups in total. The summed E-state index contributed by atoms with van der Waals surface area (Å²) in [6.45, 7) is 4.17. The van der Waals surface area contributed by atoms with Gasteiger partial charge in [-0.05, 0) is 42.5 Å². The van der Waals surface area contributed by atoms with Crippen LogP contribution in [-0.4, -0.2) is 43.6 Å². The maximum absolute atomic E-state index is 14.7. The molecule has 0 bridgehead atoms. The fraction of sp³-hybridized carbons (Fsp3) is 0.391. The summed E-state index contributed by atoms with van der Waals surface area (Å²) in [5, 5.41) is 13.0. The molecule has 2 aromatic rings. The molecule has 0 spiro atoms. The summed E-state index contributed by atoms with van der Waals surface area (Å²) in [7, 11) is 0. The van der Waals surface area contributed by atoms with E-state index in [0.29, 0.717) is 18.7 Å². The largest absolute Gasteiger partial charge is 0.507 e. The molecule has 2 aromatic carbocycles. The van der Waals surface area contributed by atoms with E-state index in [0.717, 1.165) is 43.8 Å². The van der Waals surface area contributed by atoms with Crippen LogP contribution in [0.3, 0.4) is 0 Å². The lowest BCUT2D eigenvalue weighted by atomic mass is 9.91. The lowest BCUT2D eigenvalue weighted by Gasteiger charge is -2.25. The Bertz CT molecular complexity index is 880. The van der Waals surface area contributed by atoms with Gasteiger partial charge < -0.3 is 20.1 Å². The molecule has 1 aliphatic rings. The predicted molar refractivity (Wildman–Crippen MR) is 112 cm³/mol. The van der Waals surface area contributed by atoms with Crippen LogP contribution >= 0.6 is 0 Å². The number of carbonyl (C=O) groups excluding carboxylic acids is 2. The molecule has 3 rings (SSSR count). The van der Waals surface area contributed by atoms with E-state index in [2.05, 4.69) is 5.32 Å². The number of rotatable bonds is 8. The van der Waals surface area contributed by atoms with Crippen molar-refractivity contribution in [2.75, 3.05) is 31.2 Å². The molecule has 0 unspecified atom stereocenters. The molecule has 0 saturated carbocycles. The van der Waals surface area contributed by atoms with Gasteiger partial charge in [-0.3, -0.25) is 9.59 Å². The normalized spacial score (nSPS) is 14.5. The van der Waals surface area contributed by atoms with Gasteiger partial charge in [0.2, 0.25) is 5.91 Å². The number of halogens is 1. The number of likely N-dealkylation sites (N-methyl/N-ethyl adjacent to an activating group) is 1. The van der Waals surface area contributed by atoms with E-state index >= 15 is 0 Å². The molecule has 1 aliphatic heterocycles. The van der Waals surface area contributed by atoms with E-state index in [1.165, 1.54) is 10.5 Å². The second kappa shape index (κ2) is 10.3. The highest BCUT2D eigenvalue weighted by Gasteiger charge is 2.22. The summed E-state index contributed by atoms with van der Waals surface area (Å²) in [5.41, 5.74) is 1.85. The van der Waals surface area contributed by atoms with Crippen LogP contribution in [0.4, 0.5) is 10.1 Å². The van der Waals surface area contributed by atoms with Crippen LogP contribution in [0.15, 0.2) is 36.4 Å². The van der Waals surface area contributed by atoms with Gasteiger partial charge in [0.1, 0.15) is 11.6 Å². The summed E-state index contributed by atoms with van der Waals surface area (Å²) >= 11 is 0. The predicted octanol–water partition coefficient (Wildman–Crippen LogP) is 3.38. The first-order chi connectivity index (χ1) is 14.5. The zero-order valence-corrected chi connectivity index (χ0v) is 17.1. The number of hydrogen-bond acceptors (Lipinski definition) is 5. The van der Waals surface area contributed by atoms with Crippen molar-refractivity contribution >= 4 is 17.9 Å². The third-order valence-electron chi connectivity index (χ3n) is 5.35. The lowest BCUT2D eigenvalue weighted by Crippen LogP contribution is -2.38. The van der Waals surface area contributed by atoms with Crippen LogP contribution < -0.4 is 10.2 Å². The van der Waals surface area contributed by atoms with E-state index in [9.17, 15) is 19.1 Å². The number of anilines is 1. The first kappa shape index (κ1) is 21.9. The highest BCUT2D eigenvalue weighted by molar-refractivity contribution is 5.95. The summed E-state index contributed by atoms with van der Waals surface area (Å²) < 4.78 is 20.1. The van der Waals surface area contributed by atoms with Gasteiger partial charge in [-0.25, -0.2) is 4.39 Å². The zero-order chi connectivity index (χ0) is 21.5. The number of aldehydes is 1. The molecule has 1 saturated heterocycles. The minimum absolute atomic E-state index is 0.0340. The molecule has 6 nitrogen and oxygen atoms in total. The first-order valence-corrected chi connectivity index (χ1v) is 10.2. The Balaban J connectivity index is 1.85. The average Bonchev–Trinajstić information content (AvgIpc) is 2.78. The maximum atomic E-state index is 14.7. The van der Waals surface area contributed by atoms with Crippen LogP contribution in [0.25, 0.3) is 0 Å². The number of ether oxygens (including phenoxy) is 1. The Morgan fingerprint density at radius 2 is 1.97 bits per heavy atom. The van der Waals surface area contributed by atoms with Crippen LogP contribution in [0.2, 0.25) is 0 Å². The molecule has 1 heterocycles. The molecule has 0 radical (unpaired) electrons. The fourth-order valence-corrected chi connectivity index (χ4v) is 3.61. The van der Waals surface area contributed by atoms with Gasteiger partial charge in [-0.15, -0.1) is 0 Å². The average molecular weight is 414 g/mol. The van der Waals surface area contributed by atoms with E-state index in [1.807, 2.05) is 31.2 Å². The Hall–Kier alpha value is -2.77. The molecule has 7 heteroatoms. The molecule has 160 valence electrons. The van der Waals surface area contributed by atoms with Crippen LogP contribution in [-0.2, 0) is 16.1 Å². The standard InChI is InChI=1S/C23H27FN2O4/c1-2-25-13-23(29)26(21-12-22(28)19(15-27)11-20(21)24)14-16-3-5-17(6-4-16)18-7-9-30-10-8-18/h3-6,11-12,15,18,25,28H,2,7-10,13-14H2,1H3. The number of carbonyl (C=O) groups is 2. The molecule has 1 fully saturated rings. The molecular weight excluding hydrogens is 387 g/mol. The monoisotopic (exact) mass is 414 g/mol. The van der Waals surface area contributed by atoms with E-state index < -0.39 is 5.82 Å². The smallest absolute Gasteiger partial charge is 0.241 e. The lowest BCUT2D eigenvalue weighted by molar-refractivity contribution is -0.118. The zero-order valence-electron chi connectivity index (χ0n) is 17.1. The Kier molecular flexibility index (Phi) is 7.54. The highest BCUT2D eigenvalue weighted by atomic mass is 19.1. The van der Waals surface area contributed by atoms with Crippen molar-refractivity contribution in [3.8, 4) is 5.75 Å². The van der Waals surface area contributed by atoms with Crippen molar-refractivity contribution in [1.82, 2.24) is 5.32 Å². The molecule has 30 heavy (non-hydrogen) atoms. The third-order valence-corrected chi connectivity index (χ3v) is 5.35. The van der Waals surface area contributed by atoms with Gasteiger partial charge in [0.15, 0.2) is 6.29 Å². The van der Waals surface area contributed by atoms with Crippen LogP contribution in [0.5, 0.6) is 5.75 Å². The third kappa shape index (κ3) is 5.23. The summed E-state index contributed by atoms with van der Waals surface area (Å²) in [5.74, 6) is -0.969. The summed E-state index contributed by atoms with van der Waals surface area (Å²) in [4.78, 5) is 25.0. The van der Waals surface area contributed by atoms with Gasteiger partial charge in [-0.2, -0.15) is 0 Å². The maximum Gasteiger partial charge on any atom is 0.241 e. The SMILES string of the molecule is CCNCC(=O)N(Cc1ccc(C2CCOCC2)cc1)c1cc(O)c(C=O)cc1F. The van der Waals surface area contributed by atoms with Crippen molar-refractivity contribution < 1.29 is 23.8 Å². The number of phenols is 1. The van der Waals surface area contributed by atoms with Gasteiger partial charge >= 0.3 is 0 Å². The number of hydrogen-bond donors (Lipinski definition) is 2. The van der Waals surface area contributed by atoms with Crippen molar-refractivity contribution in [3.63, 3.8) is 0 Å². The van der Waals surface area contributed by atoms with Crippen molar-refractivity contribution in [1.29, 1.82) is 0 Å². The number of benzene rings is 2. The Morgan fingerprint density at radius 3 is 2.60 bits per heavy atom. The highest BCUT2D eigenvalue weighted by Crippen LogP contribution is 2.30. The molecule has 0 aliphatic carbocycles. The second-order valence-corrected chi connectivity index (χ2v) is 7.37. The number of nitrogens with zero attached hydrogens (tertiary/aromatic N) is 1. The molecule has 1 amide bonds. The fourth-order valence-electron chi connectivity index (χ4n) is 3.61. The van der Waals surface area contributed by atoms with Gasteiger partial charge in [-0.1, -0.05) is 31.2 Å². The summed E-state index contributed by atoms with van der Waals surface area (Å²) in [6, 6.07) is 10.0. The van der Waals surface area contributed by atoms with Gasteiger partial charge in [0.05, 0.1) is 24.3 Å². The van der Waals surface area contributed by atoms with Crippen LogP contribution in [0.1, 0.15) is 47.2 Å². The summed E-state index contributed by atoms with van der Waals surface area (Å²) in [6.07, 6.45) is 2.35. The molecule has 0 atom stereocenters. The van der Waals surface area contributed by atoms with Crippen molar-refractivity contribution in [2.45, 2.75) is 32.2 Å². The van der Waals surface area contributed by atoms with E-state index in [4.69, 9.17) is 4.74 Å². The number of aromatic hydroxyl groups is 1. The Morgan fingerprint density at radius 1 is 1.27 bits per heavy atom. The van der Waals surface area contributed by atoms with Crippen molar-refractivity contribution in [3.05, 3.63) is 58.9 Å². The topological polar surface area (TPSA) is 78.9 Å². The van der Waals surface area contributed by atoms with Crippen molar-refractivity contribution in [2.24, 2.45) is 0 Å². The molecule has 0 aromatic heterocycles. The van der Waals surface area contributed by atoms with Crippen LogP contribution in [0, 0.1) is 5.82 Å². The quantitative estimate of drug-likeness (QED) is 0.648. The number of phenolic OH excluding ortho intramolecular Hbond substituents is 1. The number of nitrogens with one attached hydrogen (secondary N) is 1. The number of amides is 1. The molecular formula is C23H27FN2O4. The van der Waals surface area contributed by atoms with Gasteiger partial charge in [0.25, 0.3) is 0 Å². The minimum Gasteiger partial charge on any atom is -0.507 e. The Labute approximate surface area is 175 Å². The van der Waals surface area contributed by atoms with Gasteiger partial charge in [0, 0.05) is 19.3 Å². The van der Waals surface area contributed by atoms with E-state index in [-0.39, 0.29) is 36.0 Å². The minimum atomic E-state index is -0.737.